The Labute approximate surface area is 81.4 Å². The van der Waals surface area contributed by atoms with Crippen molar-refractivity contribution in [3.05, 3.63) is 17.5 Å². The van der Waals surface area contributed by atoms with Crippen molar-refractivity contribution in [1.82, 2.24) is 15.3 Å². The molecule has 0 saturated carbocycles. The highest BCUT2D eigenvalue weighted by molar-refractivity contribution is 5.90. The van der Waals surface area contributed by atoms with Crippen LogP contribution in [0, 0.1) is 0 Å². The van der Waals surface area contributed by atoms with Gasteiger partial charge in [-0.05, 0) is 6.92 Å². The van der Waals surface area contributed by atoms with Crippen LogP contribution in [0.3, 0.4) is 0 Å². The Kier molecular flexibility index (Phi) is 3.61. The van der Waals surface area contributed by atoms with E-state index in [1.165, 1.54) is 10.9 Å². The van der Waals surface area contributed by atoms with E-state index < -0.39 is 5.97 Å². The van der Waals surface area contributed by atoms with Gasteiger partial charge in [0.25, 0.3) is 0 Å². The lowest BCUT2D eigenvalue weighted by Gasteiger charge is -2.04. The van der Waals surface area contributed by atoms with Crippen molar-refractivity contribution < 1.29 is 14.7 Å². The number of aryl methyl sites for hydroxylation is 1. The third-order valence-electron chi connectivity index (χ3n) is 1.80. The zero-order valence-corrected chi connectivity index (χ0v) is 8.15. The molecule has 1 heterocycles. The van der Waals surface area contributed by atoms with Crippen molar-refractivity contribution in [2.75, 3.05) is 6.61 Å². The van der Waals surface area contributed by atoms with Gasteiger partial charge >= 0.3 is 5.97 Å². The maximum atomic E-state index is 11.4. The molecule has 2 N–H and O–H groups in total. The molecule has 6 heteroatoms. The Balaban J connectivity index is 2.90. The van der Waals surface area contributed by atoms with Gasteiger partial charge < -0.3 is 9.94 Å². The SMILES string of the molecule is CCOC(=O)c1cnn(C)c1CNO. The Hall–Kier alpha value is -1.40. The lowest BCUT2D eigenvalue weighted by atomic mass is 10.2. The third kappa shape index (κ3) is 2.09. The summed E-state index contributed by atoms with van der Waals surface area (Å²) in [5, 5.41) is 12.5. The standard InChI is InChI=1S/C8H13N3O3/c1-3-14-8(12)6-4-9-11(2)7(6)5-10-13/h4,10,13H,3,5H2,1-2H3. The largest absolute Gasteiger partial charge is 0.462 e. The van der Waals surface area contributed by atoms with E-state index in [0.29, 0.717) is 17.9 Å². The number of rotatable bonds is 4. The normalized spacial score (nSPS) is 10.2. The van der Waals surface area contributed by atoms with Crippen LogP contribution in [0.4, 0.5) is 0 Å². The summed E-state index contributed by atoms with van der Waals surface area (Å²) in [5.74, 6) is -0.425. The van der Waals surface area contributed by atoms with Gasteiger partial charge in [0.05, 0.1) is 25.0 Å². The molecule has 1 rings (SSSR count). The molecule has 0 unspecified atom stereocenters. The average Bonchev–Trinajstić information content (AvgIpc) is 2.50. The van der Waals surface area contributed by atoms with Gasteiger partial charge in [-0.1, -0.05) is 0 Å². The van der Waals surface area contributed by atoms with Crippen molar-refractivity contribution in [3.8, 4) is 0 Å². The molecule has 78 valence electrons. The fourth-order valence-corrected chi connectivity index (χ4v) is 1.13. The molecule has 1 aromatic heterocycles. The summed E-state index contributed by atoms with van der Waals surface area (Å²) >= 11 is 0. The van der Waals surface area contributed by atoms with E-state index in [4.69, 9.17) is 9.94 Å². The quantitative estimate of drug-likeness (QED) is 0.530. The first-order valence-corrected chi connectivity index (χ1v) is 4.25. The number of aromatic nitrogens is 2. The second kappa shape index (κ2) is 4.73. The summed E-state index contributed by atoms with van der Waals surface area (Å²) in [7, 11) is 1.69. The topological polar surface area (TPSA) is 76.4 Å². The molecule has 0 bridgehead atoms. The van der Waals surface area contributed by atoms with Gasteiger partial charge in [-0.2, -0.15) is 10.6 Å². The fourth-order valence-electron chi connectivity index (χ4n) is 1.13. The molecule has 0 amide bonds. The molecule has 0 fully saturated rings. The predicted octanol–water partition coefficient (Wildman–Crippen LogP) is 0.0756. The zero-order chi connectivity index (χ0) is 10.6. The summed E-state index contributed by atoms with van der Waals surface area (Å²) in [4.78, 5) is 11.4. The molecule has 0 radical (unpaired) electrons. The van der Waals surface area contributed by atoms with E-state index in [2.05, 4.69) is 5.10 Å². The Morgan fingerprint density at radius 3 is 3.07 bits per heavy atom. The van der Waals surface area contributed by atoms with Gasteiger partial charge in [-0.3, -0.25) is 4.68 Å². The molecule has 0 spiro atoms. The van der Waals surface area contributed by atoms with Gasteiger partial charge in [0, 0.05) is 7.05 Å². The number of carbonyl (C=O) groups is 1. The summed E-state index contributed by atoms with van der Waals surface area (Å²) in [5.41, 5.74) is 2.94. The minimum Gasteiger partial charge on any atom is -0.462 e. The van der Waals surface area contributed by atoms with Crippen molar-refractivity contribution in [2.24, 2.45) is 7.05 Å². The van der Waals surface area contributed by atoms with Gasteiger partial charge in [0.2, 0.25) is 0 Å². The van der Waals surface area contributed by atoms with Crippen LogP contribution in [-0.2, 0) is 18.3 Å². The van der Waals surface area contributed by atoms with E-state index in [-0.39, 0.29) is 6.54 Å². The smallest absolute Gasteiger partial charge is 0.341 e. The van der Waals surface area contributed by atoms with E-state index in [9.17, 15) is 4.79 Å². The maximum absolute atomic E-state index is 11.4. The highest BCUT2D eigenvalue weighted by atomic mass is 16.5. The van der Waals surface area contributed by atoms with Crippen LogP contribution >= 0.6 is 0 Å². The second-order valence-electron chi connectivity index (χ2n) is 2.68. The maximum Gasteiger partial charge on any atom is 0.341 e. The Morgan fingerprint density at radius 2 is 2.50 bits per heavy atom. The van der Waals surface area contributed by atoms with Crippen molar-refractivity contribution in [2.45, 2.75) is 13.5 Å². The molecule has 0 aliphatic heterocycles. The van der Waals surface area contributed by atoms with Gasteiger partial charge in [-0.25, -0.2) is 4.79 Å². The van der Waals surface area contributed by atoms with Crippen LogP contribution in [0.1, 0.15) is 23.0 Å². The van der Waals surface area contributed by atoms with E-state index in [0.717, 1.165) is 0 Å². The van der Waals surface area contributed by atoms with Crippen LogP contribution in [0.5, 0.6) is 0 Å². The van der Waals surface area contributed by atoms with Crippen LogP contribution in [0.15, 0.2) is 6.20 Å². The van der Waals surface area contributed by atoms with E-state index >= 15 is 0 Å². The summed E-state index contributed by atoms with van der Waals surface area (Å²) in [6.07, 6.45) is 1.42. The van der Waals surface area contributed by atoms with Crippen molar-refractivity contribution >= 4 is 5.97 Å². The zero-order valence-electron chi connectivity index (χ0n) is 8.15. The molecule has 0 aliphatic carbocycles. The number of esters is 1. The van der Waals surface area contributed by atoms with Crippen LogP contribution in [0.25, 0.3) is 0 Å². The van der Waals surface area contributed by atoms with E-state index in [1.807, 2.05) is 5.48 Å². The Morgan fingerprint density at radius 1 is 1.79 bits per heavy atom. The van der Waals surface area contributed by atoms with Crippen LogP contribution in [-0.4, -0.2) is 27.6 Å². The third-order valence-corrected chi connectivity index (χ3v) is 1.80. The number of hydrogen-bond donors (Lipinski definition) is 2. The first-order chi connectivity index (χ1) is 6.70. The molecular formula is C8H13N3O3. The molecule has 0 saturated heterocycles. The molecule has 14 heavy (non-hydrogen) atoms. The van der Waals surface area contributed by atoms with Gasteiger partial charge in [0.1, 0.15) is 5.56 Å². The minimum absolute atomic E-state index is 0.157. The summed E-state index contributed by atoms with van der Waals surface area (Å²) < 4.78 is 6.34. The van der Waals surface area contributed by atoms with Crippen LogP contribution in [0.2, 0.25) is 0 Å². The number of hydrogen-bond acceptors (Lipinski definition) is 5. The average molecular weight is 199 g/mol. The highest BCUT2D eigenvalue weighted by Gasteiger charge is 2.16. The number of nitrogens with zero attached hydrogens (tertiary/aromatic N) is 2. The van der Waals surface area contributed by atoms with Crippen molar-refractivity contribution in [3.63, 3.8) is 0 Å². The second-order valence-corrected chi connectivity index (χ2v) is 2.68. The molecule has 0 atom stereocenters. The first kappa shape index (κ1) is 10.7. The summed E-state index contributed by atoms with van der Waals surface area (Å²) in [6, 6.07) is 0. The molecule has 1 aromatic rings. The number of carbonyl (C=O) groups excluding carboxylic acids is 1. The number of hydroxylamine groups is 1. The lowest BCUT2D eigenvalue weighted by molar-refractivity contribution is 0.0523. The molecule has 0 aliphatic rings. The molecule has 6 nitrogen and oxygen atoms in total. The number of ether oxygens (including phenoxy) is 1. The van der Waals surface area contributed by atoms with Gasteiger partial charge in [0.15, 0.2) is 0 Å². The van der Waals surface area contributed by atoms with Crippen LogP contribution < -0.4 is 5.48 Å². The fraction of sp³-hybridized carbons (Fsp3) is 0.500. The number of nitrogens with one attached hydrogen (secondary N) is 1. The lowest BCUT2D eigenvalue weighted by Crippen LogP contribution is -2.15. The van der Waals surface area contributed by atoms with E-state index in [1.54, 1.807) is 14.0 Å². The molecule has 0 aromatic carbocycles. The Bertz CT molecular complexity index is 322. The minimum atomic E-state index is -0.425. The summed E-state index contributed by atoms with van der Waals surface area (Å²) in [6.45, 7) is 2.21. The highest BCUT2D eigenvalue weighted by Crippen LogP contribution is 2.08. The monoisotopic (exact) mass is 199 g/mol. The predicted molar refractivity (Wildman–Crippen MR) is 47.8 cm³/mol. The first-order valence-electron chi connectivity index (χ1n) is 4.25. The molecular weight excluding hydrogens is 186 g/mol. The van der Waals surface area contributed by atoms with Crippen molar-refractivity contribution in [1.29, 1.82) is 0 Å². The van der Waals surface area contributed by atoms with Gasteiger partial charge in [-0.15, -0.1) is 0 Å².